The standard InChI is InChI=1S/C25H32N4O4S/c1-7-29-19(5)22(18(4)26-29)10-11-28(6)24-9-8-20(15-23(24)25(30)31)27-34(32,33)21-13-16(2)12-17(3)14-21/h8-9,12-15,27H,7,10-11H2,1-6H3,(H,30,31). The first kappa shape index (κ1) is 25.3. The van der Waals surface area contributed by atoms with Gasteiger partial charge < -0.3 is 10.0 Å². The second kappa shape index (κ2) is 9.89. The van der Waals surface area contributed by atoms with Crippen molar-refractivity contribution in [2.75, 3.05) is 23.2 Å². The van der Waals surface area contributed by atoms with Gasteiger partial charge in [0.25, 0.3) is 10.0 Å². The minimum atomic E-state index is -3.86. The molecule has 8 nitrogen and oxygen atoms in total. The number of likely N-dealkylation sites (N-methyl/N-ethyl adjacent to an activating group) is 1. The molecule has 34 heavy (non-hydrogen) atoms. The Morgan fingerprint density at radius 1 is 1.09 bits per heavy atom. The highest BCUT2D eigenvalue weighted by Crippen LogP contribution is 2.27. The lowest BCUT2D eigenvalue weighted by Crippen LogP contribution is -2.23. The Morgan fingerprint density at radius 3 is 2.29 bits per heavy atom. The van der Waals surface area contributed by atoms with E-state index in [0.29, 0.717) is 18.7 Å². The Morgan fingerprint density at radius 2 is 1.74 bits per heavy atom. The van der Waals surface area contributed by atoms with Gasteiger partial charge in [0, 0.05) is 31.5 Å². The minimum Gasteiger partial charge on any atom is -0.478 e. The topological polar surface area (TPSA) is 105 Å². The van der Waals surface area contributed by atoms with E-state index >= 15 is 0 Å². The van der Waals surface area contributed by atoms with Crippen molar-refractivity contribution in [3.05, 3.63) is 70.0 Å². The van der Waals surface area contributed by atoms with Crippen LogP contribution in [0.4, 0.5) is 11.4 Å². The summed E-state index contributed by atoms with van der Waals surface area (Å²) < 4.78 is 30.2. The summed E-state index contributed by atoms with van der Waals surface area (Å²) >= 11 is 0. The number of hydrogen-bond acceptors (Lipinski definition) is 5. The second-order valence-corrected chi connectivity index (χ2v) is 10.3. The van der Waals surface area contributed by atoms with Crippen molar-refractivity contribution in [3.63, 3.8) is 0 Å². The summed E-state index contributed by atoms with van der Waals surface area (Å²) in [4.78, 5) is 14.0. The number of aryl methyl sites for hydroxylation is 4. The van der Waals surface area contributed by atoms with E-state index in [9.17, 15) is 18.3 Å². The summed E-state index contributed by atoms with van der Waals surface area (Å²) in [5.41, 5.74) is 5.65. The van der Waals surface area contributed by atoms with Gasteiger partial charge in [-0.2, -0.15) is 5.10 Å². The number of anilines is 2. The third kappa shape index (κ3) is 5.41. The molecule has 0 atom stereocenters. The zero-order valence-corrected chi connectivity index (χ0v) is 21.3. The summed E-state index contributed by atoms with van der Waals surface area (Å²) in [6.07, 6.45) is 0.717. The van der Waals surface area contributed by atoms with Crippen molar-refractivity contribution in [3.8, 4) is 0 Å². The van der Waals surface area contributed by atoms with Crippen molar-refractivity contribution >= 4 is 27.4 Å². The molecule has 0 aliphatic carbocycles. The molecule has 2 aromatic carbocycles. The maximum Gasteiger partial charge on any atom is 0.337 e. The van der Waals surface area contributed by atoms with Gasteiger partial charge >= 0.3 is 5.97 Å². The molecule has 0 unspecified atom stereocenters. The van der Waals surface area contributed by atoms with Crippen LogP contribution in [0.15, 0.2) is 41.3 Å². The van der Waals surface area contributed by atoms with E-state index in [-0.39, 0.29) is 16.1 Å². The van der Waals surface area contributed by atoms with Gasteiger partial charge in [-0.25, -0.2) is 13.2 Å². The van der Waals surface area contributed by atoms with Crippen molar-refractivity contribution in [1.29, 1.82) is 0 Å². The number of carbonyl (C=O) groups is 1. The molecule has 0 fully saturated rings. The summed E-state index contributed by atoms with van der Waals surface area (Å²) in [5.74, 6) is -1.12. The number of rotatable bonds is 9. The Kier molecular flexibility index (Phi) is 7.35. The van der Waals surface area contributed by atoms with Crippen LogP contribution in [0.3, 0.4) is 0 Å². The number of aromatic nitrogens is 2. The lowest BCUT2D eigenvalue weighted by molar-refractivity contribution is 0.0697. The van der Waals surface area contributed by atoms with Crippen LogP contribution in [0, 0.1) is 27.7 Å². The highest BCUT2D eigenvalue weighted by Gasteiger charge is 2.20. The summed E-state index contributed by atoms with van der Waals surface area (Å²) in [7, 11) is -2.03. The van der Waals surface area contributed by atoms with Gasteiger partial charge in [0.1, 0.15) is 0 Å². The van der Waals surface area contributed by atoms with Gasteiger partial charge in [-0.05, 0) is 88.1 Å². The lowest BCUT2D eigenvalue weighted by Gasteiger charge is -2.22. The van der Waals surface area contributed by atoms with Crippen molar-refractivity contribution in [2.45, 2.75) is 52.5 Å². The maximum atomic E-state index is 12.9. The Labute approximate surface area is 201 Å². The molecule has 1 aromatic heterocycles. The van der Waals surface area contributed by atoms with Crippen LogP contribution in [0.1, 0.15) is 45.4 Å². The molecule has 0 aliphatic heterocycles. The number of carboxylic acids is 1. The van der Waals surface area contributed by atoms with Gasteiger partial charge in [-0.1, -0.05) is 6.07 Å². The van der Waals surface area contributed by atoms with Crippen LogP contribution in [0.5, 0.6) is 0 Å². The predicted octanol–water partition coefficient (Wildman–Crippen LogP) is 4.31. The number of nitrogens with zero attached hydrogens (tertiary/aromatic N) is 3. The summed E-state index contributed by atoms with van der Waals surface area (Å²) in [5, 5.41) is 14.4. The van der Waals surface area contributed by atoms with Gasteiger partial charge in [-0.3, -0.25) is 9.40 Å². The molecular formula is C25H32N4O4S. The Bertz CT molecular complexity index is 1310. The van der Waals surface area contributed by atoms with E-state index < -0.39 is 16.0 Å². The van der Waals surface area contributed by atoms with Gasteiger partial charge in [0.05, 0.1) is 21.8 Å². The van der Waals surface area contributed by atoms with E-state index in [1.807, 2.05) is 57.3 Å². The molecule has 0 bridgehead atoms. The summed E-state index contributed by atoms with van der Waals surface area (Å²) in [6.45, 7) is 11.1. The number of carboxylic acid groups (broad SMARTS) is 1. The number of nitrogens with one attached hydrogen (secondary N) is 1. The number of sulfonamides is 1. The first-order chi connectivity index (χ1) is 15.9. The van der Waals surface area contributed by atoms with E-state index in [2.05, 4.69) is 9.82 Å². The monoisotopic (exact) mass is 484 g/mol. The third-order valence-electron chi connectivity index (χ3n) is 5.92. The quantitative estimate of drug-likeness (QED) is 0.469. The van der Waals surface area contributed by atoms with E-state index in [1.165, 1.54) is 6.07 Å². The number of aromatic carboxylic acids is 1. The summed E-state index contributed by atoms with van der Waals surface area (Å²) in [6, 6.07) is 9.64. The van der Waals surface area contributed by atoms with Gasteiger partial charge in [0.2, 0.25) is 0 Å². The molecule has 0 spiro atoms. The molecular weight excluding hydrogens is 452 g/mol. The second-order valence-electron chi connectivity index (χ2n) is 8.60. The average Bonchev–Trinajstić information content (AvgIpc) is 3.03. The molecule has 0 saturated carbocycles. The lowest BCUT2D eigenvalue weighted by atomic mass is 10.1. The molecule has 9 heteroatoms. The molecule has 0 radical (unpaired) electrons. The van der Waals surface area contributed by atoms with Gasteiger partial charge in [-0.15, -0.1) is 0 Å². The van der Waals surface area contributed by atoms with E-state index in [0.717, 1.165) is 34.6 Å². The van der Waals surface area contributed by atoms with Crippen molar-refractivity contribution in [2.24, 2.45) is 0 Å². The minimum absolute atomic E-state index is 0.0285. The first-order valence-electron chi connectivity index (χ1n) is 11.2. The van der Waals surface area contributed by atoms with Crippen LogP contribution in [-0.2, 0) is 23.0 Å². The fraction of sp³-hybridized carbons (Fsp3) is 0.360. The maximum absolute atomic E-state index is 12.9. The van der Waals surface area contributed by atoms with Crippen LogP contribution in [0.2, 0.25) is 0 Å². The van der Waals surface area contributed by atoms with Gasteiger partial charge in [0.15, 0.2) is 0 Å². The van der Waals surface area contributed by atoms with Crippen molar-refractivity contribution < 1.29 is 18.3 Å². The third-order valence-corrected chi connectivity index (χ3v) is 7.28. The zero-order chi connectivity index (χ0) is 25.2. The normalized spacial score (nSPS) is 11.5. The fourth-order valence-electron chi connectivity index (χ4n) is 4.21. The molecule has 182 valence electrons. The molecule has 0 amide bonds. The van der Waals surface area contributed by atoms with Crippen molar-refractivity contribution in [1.82, 2.24) is 9.78 Å². The van der Waals surface area contributed by atoms with E-state index in [1.54, 1.807) is 24.3 Å². The molecule has 3 rings (SSSR count). The highest BCUT2D eigenvalue weighted by atomic mass is 32.2. The van der Waals surface area contributed by atoms with Crippen LogP contribution < -0.4 is 9.62 Å². The first-order valence-corrected chi connectivity index (χ1v) is 12.6. The molecule has 0 saturated heterocycles. The van der Waals surface area contributed by atoms with Crippen LogP contribution >= 0.6 is 0 Å². The smallest absolute Gasteiger partial charge is 0.337 e. The fourth-order valence-corrected chi connectivity index (χ4v) is 5.45. The molecule has 1 heterocycles. The molecule has 2 N–H and O–H groups in total. The average molecular weight is 485 g/mol. The van der Waals surface area contributed by atoms with E-state index in [4.69, 9.17) is 0 Å². The van der Waals surface area contributed by atoms with Crippen LogP contribution in [-0.4, -0.2) is 42.9 Å². The predicted molar refractivity (Wildman–Crippen MR) is 134 cm³/mol. The SMILES string of the molecule is CCn1nc(C)c(CCN(C)c2ccc(NS(=O)(=O)c3cc(C)cc(C)c3)cc2C(=O)O)c1C. The number of hydrogen-bond donors (Lipinski definition) is 2. The highest BCUT2D eigenvalue weighted by molar-refractivity contribution is 7.92. The zero-order valence-electron chi connectivity index (χ0n) is 20.5. The molecule has 3 aromatic rings. The largest absolute Gasteiger partial charge is 0.478 e. The Balaban J connectivity index is 1.84. The number of benzene rings is 2. The van der Waals surface area contributed by atoms with Crippen LogP contribution in [0.25, 0.3) is 0 Å². The molecule has 0 aliphatic rings. The Hall–Kier alpha value is -3.33.